The monoisotopic (exact) mass is 171 g/mol. The molecule has 0 saturated carbocycles. The molecule has 0 spiro atoms. The summed E-state index contributed by atoms with van der Waals surface area (Å²) in [6.45, 7) is 0.752. The van der Waals surface area contributed by atoms with E-state index in [2.05, 4.69) is 5.10 Å². The van der Waals surface area contributed by atoms with Gasteiger partial charge in [0.1, 0.15) is 6.33 Å². The van der Waals surface area contributed by atoms with Crippen LogP contribution in [0.25, 0.3) is 0 Å². The zero-order valence-electron chi connectivity index (χ0n) is 7.10. The first-order valence-corrected chi connectivity index (χ1v) is 3.95. The predicted octanol–water partition coefficient (Wildman–Crippen LogP) is -0.646. The van der Waals surface area contributed by atoms with E-state index in [0.717, 1.165) is 6.42 Å². The van der Waals surface area contributed by atoms with Crippen molar-refractivity contribution < 1.29 is 5.11 Å². The third-order valence-corrected chi connectivity index (χ3v) is 1.66. The summed E-state index contributed by atoms with van der Waals surface area (Å²) in [5.41, 5.74) is -0.104. The van der Waals surface area contributed by atoms with E-state index in [0.29, 0.717) is 13.0 Å². The van der Waals surface area contributed by atoms with Crippen molar-refractivity contribution in [2.24, 2.45) is 7.05 Å². The molecule has 0 aliphatic heterocycles. The van der Waals surface area contributed by atoms with Crippen molar-refractivity contribution in [3.63, 3.8) is 0 Å². The van der Waals surface area contributed by atoms with Gasteiger partial charge in [0.2, 0.25) is 0 Å². The van der Waals surface area contributed by atoms with Crippen LogP contribution in [0.4, 0.5) is 0 Å². The van der Waals surface area contributed by atoms with E-state index in [-0.39, 0.29) is 12.3 Å². The molecule has 0 atom stereocenters. The van der Waals surface area contributed by atoms with Gasteiger partial charge in [-0.1, -0.05) is 0 Å². The molecular weight excluding hydrogens is 158 g/mol. The Balaban J connectivity index is 2.52. The van der Waals surface area contributed by atoms with Gasteiger partial charge in [-0.2, -0.15) is 5.10 Å². The highest BCUT2D eigenvalue weighted by molar-refractivity contribution is 4.64. The highest BCUT2D eigenvalue weighted by Gasteiger charge is 1.99. The second-order valence-electron chi connectivity index (χ2n) is 2.68. The van der Waals surface area contributed by atoms with Gasteiger partial charge in [-0.15, -0.1) is 0 Å². The maximum absolute atomic E-state index is 11.2. The van der Waals surface area contributed by atoms with Gasteiger partial charge < -0.3 is 5.11 Å². The van der Waals surface area contributed by atoms with Crippen LogP contribution in [0, 0.1) is 0 Å². The maximum Gasteiger partial charge on any atom is 0.345 e. The Bertz CT molecular complexity index is 289. The first kappa shape index (κ1) is 8.99. The van der Waals surface area contributed by atoms with Crippen LogP contribution in [0.3, 0.4) is 0 Å². The van der Waals surface area contributed by atoms with E-state index in [9.17, 15) is 4.79 Å². The van der Waals surface area contributed by atoms with E-state index in [1.807, 2.05) is 0 Å². The predicted molar refractivity (Wildman–Crippen MR) is 43.8 cm³/mol. The minimum absolute atomic E-state index is 0.104. The van der Waals surface area contributed by atoms with E-state index in [1.165, 1.54) is 15.6 Å². The molecule has 1 N–H and O–H groups in total. The summed E-state index contributed by atoms with van der Waals surface area (Å²) in [6.07, 6.45) is 2.98. The van der Waals surface area contributed by atoms with Crippen molar-refractivity contribution >= 4 is 0 Å². The Hall–Kier alpha value is -1.10. The van der Waals surface area contributed by atoms with Crippen LogP contribution >= 0.6 is 0 Å². The molecule has 0 radical (unpaired) electrons. The Labute approximate surface area is 70.2 Å². The Morgan fingerprint density at radius 3 is 2.83 bits per heavy atom. The Kier molecular flexibility index (Phi) is 3.04. The molecule has 0 unspecified atom stereocenters. The van der Waals surface area contributed by atoms with E-state index in [4.69, 9.17) is 5.11 Å². The summed E-state index contributed by atoms with van der Waals surface area (Å²) in [6, 6.07) is 0. The number of nitrogens with zero attached hydrogens (tertiary/aromatic N) is 3. The second-order valence-corrected chi connectivity index (χ2v) is 2.68. The van der Waals surface area contributed by atoms with Gasteiger partial charge >= 0.3 is 5.69 Å². The number of hydrogen-bond acceptors (Lipinski definition) is 3. The van der Waals surface area contributed by atoms with E-state index in [1.54, 1.807) is 7.05 Å². The first-order chi connectivity index (χ1) is 5.75. The van der Waals surface area contributed by atoms with Crippen molar-refractivity contribution in [1.82, 2.24) is 14.3 Å². The molecule has 1 rings (SSSR count). The maximum atomic E-state index is 11.2. The highest BCUT2D eigenvalue weighted by Crippen LogP contribution is 1.89. The van der Waals surface area contributed by atoms with Gasteiger partial charge in [0.15, 0.2) is 0 Å². The number of aryl methyl sites for hydroxylation is 2. The van der Waals surface area contributed by atoms with Crippen LogP contribution < -0.4 is 5.69 Å². The number of aliphatic hydroxyl groups is 1. The van der Waals surface area contributed by atoms with Crippen molar-refractivity contribution in [3.8, 4) is 0 Å². The lowest BCUT2D eigenvalue weighted by Gasteiger charge is -1.96. The zero-order valence-corrected chi connectivity index (χ0v) is 7.10. The molecule has 12 heavy (non-hydrogen) atoms. The smallest absolute Gasteiger partial charge is 0.345 e. The number of aliphatic hydroxyl groups excluding tert-OH is 1. The first-order valence-electron chi connectivity index (χ1n) is 3.95. The molecule has 68 valence electrons. The summed E-state index contributed by atoms with van der Waals surface area (Å²) in [5.74, 6) is 0. The molecule has 5 heteroatoms. The van der Waals surface area contributed by atoms with Gasteiger partial charge in [-0.3, -0.25) is 4.57 Å². The van der Waals surface area contributed by atoms with Gasteiger partial charge in [-0.25, -0.2) is 9.48 Å². The highest BCUT2D eigenvalue weighted by atomic mass is 16.3. The summed E-state index contributed by atoms with van der Waals surface area (Å²) in [4.78, 5) is 11.2. The van der Waals surface area contributed by atoms with Crippen molar-refractivity contribution in [1.29, 1.82) is 0 Å². The van der Waals surface area contributed by atoms with Gasteiger partial charge in [0.25, 0.3) is 0 Å². The third-order valence-electron chi connectivity index (χ3n) is 1.66. The summed E-state index contributed by atoms with van der Waals surface area (Å²) < 4.78 is 2.83. The third kappa shape index (κ3) is 1.94. The van der Waals surface area contributed by atoms with Crippen LogP contribution in [-0.4, -0.2) is 26.1 Å². The van der Waals surface area contributed by atoms with Crippen LogP contribution in [0.15, 0.2) is 11.1 Å². The SMILES string of the molecule is Cn1cnn(CCCCO)c1=O. The number of rotatable bonds is 4. The zero-order chi connectivity index (χ0) is 8.97. The Morgan fingerprint density at radius 2 is 2.33 bits per heavy atom. The van der Waals surface area contributed by atoms with Crippen LogP contribution in [-0.2, 0) is 13.6 Å². The normalized spacial score (nSPS) is 10.5. The molecule has 0 bridgehead atoms. The molecule has 0 amide bonds. The average molecular weight is 171 g/mol. The molecule has 0 saturated heterocycles. The van der Waals surface area contributed by atoms with E-state index < -0.39 is 0 Å². The van der Waals surface area contributed by atoms with Crippen LogP contribution in [0.2, 0.25) is 0 Å². The molecule has 0 aromatic carbocycles. The minimum atomic E-state index is -0.104. The van der Waals surface area contributed by atoms with Crippen LogP contribution in [0.1, 0.15) is 12.8 Å². The van der Waals surface area contributed by atoms with E-state index >= 15 is 0 Å². The fourth-order valence-corrected chi connectivity index (χ4v) is 0.947. The van der Waals surface area contributed by atoms with Crippen molar-refractivity contribution in [2.45, 2.75) is 19.4 Å². The molecule has 1 aromatic rings. The molecule has 0 aliphatic rings. The Morgan fingerprint density at radius 1 is 1.58 bits per heavy atom. The van der Waals surface area contributed by atoms with Crippen molar-refractivity contribution in [2.75, 3.05) is 6.61 Å². The fourth-order valence-electron chi connectivity index (χ4n) is 0.947. The van der Waals surface area contributed by atoms with Crippen LogP contribution in [0.5, 0.6) is 0 Å². The molecule has 0 aliphatic carbocycles. The number of hydrogen-bond donors (Lipinski definition) is 1. The summed E-state index contributed by atoms with van der Waals surface area (Å²) in [7, 11) is 1.66. The molecular formula is C7H13N3O2. The average Bonchev–Trinajstić information content (AvgIpc) is 2.36. The molecule has 1 aromatic heterocycles. The van der Waals surface area contributed by atoms with Gasteiger partial charge in [0, 0.05) is 20.2 Å². The lowest BCUT2D eigenvalue weighted by atomic mass is 10.3. The van der Waals surface area contributed by atoms with Gasteiger partial charge in [0.05, 0.1) is 0 Å². The fraction of sp³-hybridized carbons (Fsp3) is 0.714. The summed E-state index contributed by atoms with van der Waals surface area (Å²) >= 11 is 0. The molecule has 1 heterocycles. The van der Waals surface area contributed by atoms with Crippen molar-refractivity contribution in [3.05, 3.63) is 16.8 Å². The quantitative estimate of drug-likeness (QED) is 0.613. The molecule has 0 fully saturated rings. The van der Waals surface area contributed by atoms with Gasteiger partial charge in [-0.05, 0) is 12.8 Å². The second kappa shape index (κ2) is 4.06. The number of unbranched alkanes of at least 4 members (excludes halogenated alkanes) is 1. The lowest BCUT2D eigenvalue weighted by Crippen LogP contribution is -2.23. The lowest BCUT2D eigenvalue weighted by molar-refractivity contribution is 0.279. The number of aromatic nitrogens is 3. The topological polar surface area (TPSA) is 60.1 Å². The minimum Gasteiger partial charge on any atom is -0.396 e. The summed E-state index contributed by atoms with van der Waals surface area (Å²) in [5, 5.41) is 12.4. The standard InChI is InChI=1S/C7H13N3O2/c1-9-6-8-10(7(9)12)4-2-3-5-11/h6,11H,2-5H2,1H3. The largest absolute Gasteiger partial charge is 0.396 e. The molecule has 5 nitrogen and oxygen atoms in total.